The normalized spacial score (nSPS) is 11.6. The van der Waals surface area contributed by atoms with Gasteiger partial charge in [-0.2, -0.15) is 0 Å². The Balaban J connectivity index is 2.41. The van der Waals surface area contributed by atoms with Gasteiger partial charge in [-0.15, -0.1) is 0 Å². The van der Waals surface area contributed by atoms with Crippen molar-refractivity contribution in [1.29, 1.82) is 0 Å². The summed E-state index contributed by atoms with van der Waals surface area (Å²) >= 11 is 0. The van der Waals surface area contributed by atoms with Gasteiger partial charge in [-0.1, -0.05) is 24.3 Å². The number of amides is 1. The van der Waals surface area contributed by atoms with Crippen LogP contribution in [0.1, 0.15) is 22.0 Å². The van der Waals surface area contributed by atoms with E-state index < -0.39 is 24.9 Å². The predicted octanol–water partition coefficient (Wildman–Crippen LogP) is -0.0766. The lowest BCUT2D eigenvalue weighted by atomic mass is 9.77. The predicted molar refractivity (Wildman–Crippen MR) is 80.6 cm³/mol. The molecule has 0 aliphatic heterocycles. The summed E-state index contributed by atoms with van der Waals surface area (Å²) in [6, 6.07) is 9.09. The Labute approximate surface area is 131 Å². The Bertz CT molecular complexity index is 720. The monoisotopic (exact) mass is 317 g/mol. The van der Waals surface area contributed by atoms with Crippen LogP contribution in [-0.2, 0) is 4.79 Å². The Morgan fingerprint density at radius 3 is 2.39 bits per heavy atom. The molecule has 0 saturated carbocycles. The van der Waals surface area contributed by atoms with Gasteiger partial charge in [0.2, 0.25) is 6.10 Å². The molecule has 0 aliphatic carbocycles. The first kappa shape index (κ1) is 16.7. The van der Waals surface area contributed by atoms with Crippen molar-refractivity contribution in [3.05, 3.63) is 59.4 Å². The highest BCUT2D eigenvalue weighted by Gasteiger charge is 2.24. The van der Waals surface area contributed by atoms with E-state index in [9.17, 15) is 24.0 Å². The van der Waals surface area contributed by atoms with E-state index in [-0.39, 0.29) is 16.8 Å². The number of aldehydes is 1. The minimum absolute atomic E-state index is 0.0428. The standard InChI is InChI=1S/C15H13BFNO5/c17-10-6-4-9(5-7-10)14(15(18)20)23-13-3-1-2-12(16(21)22)11(13)8-19/h1-8,14,21-22H,(H2,18,20). The summed E-state index contributed by atoms with van der Waals surface area (Å²) in [5.41, 5.74) is 5.41. The van der Waals surface area contributed by atoms with Crippen molar-refractivity contribution in [2.75, 3.05) is 0 Å². The lowest BCUT2D eigenvalue weighted by molar-refractivity contribution is -0.125. The molecule has 0 aromatic heterocycles. The molecule has 1 unspecified atom stereocenters. The molecule has 2 aromatic rings. The maximum Gasteiger partial charge on any atom is 0.489 e. The number of rotatable bonds is 6. The van der Waals surface area contributed by atoms with E-state index in [0.717, 1.165) is 12.1 Å². The zero-order valence-corrected chi connectivity index (χ0v) is 11.8. The molecule has 0 heterocycles. The Kier molecular flexibility index (Phi) is 5.10. The van der Waals surface area contributed by atoms with Gasteiger partial charge in [0, 0.05) is 5.56 Å². The molecule has 2 rings (SSSR count). The highest BCUT2D eigenvalue weighted by Crippen LogP contribution is 2.24. The summed E-state index contributed by atoms with van der Waals surface area (Å²) in [4.78, 5) is 22.8. The van der Waals surface area contributed by atoms with Gasteiger partial charge in [0.15, 0.2) is 6.29 Å². The lowest BCUT2D eigenvalue weighted by Crippen LogP contribution is -2.34. The van der Waals surface area contributed by atoms with Gasteiger partial charge in [-0.3, -0.25) is 9.59 Å². The van der Waals surface area contributed by atoms with Gasteiger partial charge in [0.05, 0.1) is 5.56 Å². The summed E-state index contributed by atoms with van der Waals surface area (Å²) in [6.07, 6.45) is -0.882. The molecule has 0 bridgehead atoms. The molecule has 4 N–H and O–H groups in total. The summed E-state index contributed by atoms with van der Waals surface area (Å²) in [5, 5.41) is 18.5. The second kappa shape index (κ2) is 7.04. The number of halogens is 1. The van der Waals surface area contributed by atoms with Gasteiger partial charge in [0.25, 0.3) is 5.91 Å². The number of primary amides is 1. The van der Waals surface area contributed by atoms with E-state index >= 15 is 0 Å². The average Bonchev–Trinajstić information content (AvgIpc) is 2.52. The third-order valence-corrected chi connectivity index (χ3v) is 3.17. The van der Waals surface area contributed by atoms with Crippen LogP contribution in [0.4, 0.5) is 4.39 Å². The Hall–Kier alpha value is -2.71. The quantitative estimate of drug-likeness (QED) is 0.510. The molecule has 0 spiro atoms. The van der Waals surface area contributed by atoms with Crippen molar-refractivity contribution in [3.8, 4) is 5.75 Å². The smallest absolute Gasteiger partial charge is 0.475 e. The highest BCUT2D eigenvalue weighted by molar-refractivity contribution is 6.60. The first-order valence-corrected chi connectivity index (χ1v) is 6.59. The molecule has 0 radical (unpaired) electrons. The molecule has 0 saturated heterocycles. The van der Waals surface area contributed by atoms with Gasteiger partial charge in [-0.25, -0.2) is 4.39 Å². The number of carbonyl (C=O) groups is 2. The van der Waals surface area contributed by atoms with Crippen LogP contribution >= 0.6 is 0 Å². The van der Waals surface area contributed by atoms with Crippen LogP contribution in [0.2, 0.25) is 0 Å². The van der Waals surface area contributed by atoms with Crippen LogP contribution in [0.5, 0.6) is 5.75 Å². The zero-order valence-electron chi connectivity index (χ0n) is 11.8. The van der Waals surface area contributed by atoms with Gasteiger partial charge >= 0.3 is 7.12 Å². The SMILES string of the molecule is NC(=O)C(Oc1cccc(B(O)O)c1C=O)c1ccc(F)cc1. The molecule has 1 amide bonds. The molecular formula is C15H13BFNO5. The fraction of sp³-hybridized carbons (Fsp3) is 0.0667. The number of carbonyl (C=O) groups excluding carboxylic acids is 2. The Morgan fingerprint density at radius 2 is 1.87 bits per heavy atom. The van der Waals surface area contributed by atoms with Crippen LogP contribution in [-0.4, -0.2) is 29.4 Å². The van der Waals surface area contributed by atoms with Crippen molar-refractivity contribution in [2.45, 2.75) is 6.10 Å². The zero-order chi connectivity index (χ0) is 17.0. The molecule has 1 atom stereocenters. The number of hydrogen-bond acceptors (Lipinski definition) is 5. The largest absolute Gasteiger partial charge is 0.489 e. The van der Waals surface area contributed by atoms with Crippen molar-refractivity contribution in [3.63, 3.8) is 0 Å². The maximum atomic E-state index is 13.0. The van der Waals surface area contributed by atoms with Crippen molar-refractivity contribution >= 4 is 24.8 Å². The summed E-state index contributed by atoms with van der Waals surface area (Å²) in [7, 11) is -1.88. The third-order valence-electron chi connectivity index (χ3n) is 3.17. The second-order valence-electron chi connectivity index (χ2n) is 4.70. The molecule has 6 nitrogen and oxygen atoms in total. The van der Waals surface area contributed by atoms with E-state index in [4.69, 9.17) is 10.5 Å². The van der Waals surface area contributed by atoms with E-state index in [2.05, 4.69) is 0 Å². The summed E-state index contributed by atoms with van der Waals surface area (Å²) in [6.45, 7) is 0. The van der Waals surface area contributed by atoms with Crippen molar-refractivity contribution in [2.24, 2.45) is 5.73 Å². The second-order valence-corrected chi connectivity index (χ2v) is 4.70. The van der Waals surface area contributed by atoms with Crippen LogP contribution in [0.3, 0.4) is 0 Å². The Morgan fingerprint density at radius 1 is 1.22 bits per heavy atom. The highest BCUT2D eigenvalue weighted by atomic mass is 19.1. The fourth-order valence-corrected chi connectivity index (χ4v) is 2.07. The minimum atomic E-state index is -1.88. The molecule has 0 fully saturated rings. The maximum absolute atomic E-state index is 13.0. The summed E-state index contributed by atoms with van der Waals surface area (Å²) < 4.78 is 18.4. The molecule has 8 heteroatoms. The van der Waals surface area contributed by atoms with E-state index in [0.29, 0.717) is 11.8 Å². The number of benzene rings is 2. The minimum Gasteiger partial charge on any atom is -0.475 e. The molecule has 0 aliphatic rings. The van der Waals surface area contributed by atoms with Gasteiger partial charge in [-0.05, 0) is 23.7 Å². The van der Waals surface area contributed by atoms with Crippen LogP contribution < -0.4 is 15.9 Å². The van der Waals surface area contributed by atoms with E-state index in [1.54, 1.807) is 0 Å². The van der Waals surface area contributed by atoms with E-state index in [1.807, 2.05) is 0 Å². The number of ether oxygens (including phenoxy) is 1. The van der Waals surface area contributed by atoms with Crippen LogP contribution in [0.25, 0.3) is 0 Å². The number of hydrogen-bond donors (Lipinski definition) is 3. The lowest BCUT2D eigenvalue weighted by Gasteiger charge is -2.18. The topological polar surface area (TPSA) is 110 Å². The third kappa shape index (κ3) is 3.74. The first-order chi connectivity index (χ1) is 10.9. The number of nitrogens with two attached hydrogens (primary N) is 1. The first-order valence-electron chi connectivity index (χ1n) is 6.59. The molecular weight excluding hydrogens is 304 g/mol. The van der Waals surface area contributed by atoms with Crippen LogP contribution in [0, 0.1) is 5.82 Å². The molecule has 118 valence electrons. The molecule has 23 heavy (non-hydrogen) atoms. The van der Waals surface area contributed by atoms with Crippen molar-refractivity contribution < 1.29 is 28.8 Å². The van der Waals surface area contributed by atoms with Gasteiger partial charge < -0.3 is 20.5 Å². The summed E-state index contributed by atoms with van der Waals surface area (Å²) in [5.74, 6) is -1.38. The van der Waals surface area contributed by atoms with Gasteiger partial charge in [0.1, 0.15) is 11.6 Å². The fourth-order valence-electron chi connectivity index (χ4n) is 2.07. The molecule has 2 aromatic carbocycles. The average molecular weight is 317 g/mol. The van der Waals surface area contributed by atoms with E-state index in [1.165, 1.54) is 30.3 Å². The van der Waals surface area contributed by atoms with Crippen LogP contribution in [0.15, 0.2) is 42.5 Å². The van der Waals surface area contributed by atoms with Crippen molar-refractivity contribution in [1.82, 2.24) is 0 Å².